The predicted molar refractivity (Wildman–Crippen MR) is 63.6 cm³/mol. The van der Waals surface area contributed by atoms with Crippen LogP contribution in [0.25, 0.3) is 0 Å². The smallest absolute Gasteiger partial charge is 0.138 e. The second-order valence-electron chi connectivity index (χ2n) is 3.51. The van der Waals surface area contributed by atoms with Crippen LogP contribution in [0.1, 0.15) is 17.6 Å². The number of rotatable bonds is 3. The lowest BCUT2D eigenvalue weighted by molar-refractivity contribution is 0.618. The Hall–Kier alpha value is -1.27. The fourth-order valence-corrected chi connectivity index (χ4v) is 1.65. The SMILES string of the molecule is Cn1ncnc1CC(N)c1ccc(Br)cn1. The Labute approximate surface area is 102 Å². The molecule has 0 fully saturated rings. The van der Waals surface area contributed by atoms with E-state index in [2.05, 4.69) is 31.0 Å². The van der Waals surface area contributed by atoms with Gasteiger partial charge in [-0.3, -0.25) is 9.67 Å². The van der Waals surface area contributed by atoms with Gasteiger partial charge in [0.1, 0.15) is 12.2 Å². The first-order valence-electron chi connectivity index (χ1n) is 4.86. The molecule has 0 aliphatic carbocycles. The molecule has 0 spiro atoms. The van der Waals surface area contributed by atoms with Gasteiger partial charge in [0.25, 0.3) is 0 Å². The molecule has 0 amide bonds. The van der Waals surface area contributed by atoms with Gasteiger partial charge in [0.15, 0.2) is 0 Å². The van der Waals surface area contributed by atoms with Gasteiger partial charge >= 0.3 is 0 Å². The average Bonchev–Trinajstić information content (AvgIpc) is 2.65. The zero-order chi connectivity index (χ0) is 11.5. The molecule has 16 heavy (non-hydrogen) atoms. The van der Waals surface area contributed by atoms with Crippen molar-refractivity contribution in [3.05, 3.63) is 40.6 Å². The van der Waals surface area contributed by atoms with Gasteiger partial charge in [-0.25, -0.2) is 4.98 Å². The van der Waals surface area contributed by atoms with Crippen molar-refractivity contribution in [3.8, 4) is 0 Å². The lowest BCUT2D eigenvalue weighted by atomic mass is 10.1. The largest absolute Gasteiger partial charge is 0.322 e. The molecule has 2 aromatic heterocycles. The van der Waals surface area contributed by atoms with E-state index < -0.39 is 0 Å². The summed E-state index contributed by atoms with van der Waals surface area (Å²) in [4.78, 5) is 8.39. The second kappa shape index (κ2) is 4.71. The molecule has 2 N–H and O–H groups in total. The molecule has 0 bridgehead atoms. The molecule has 1 atom stereocenters. The first-order chi connectivity index (χ1) is 7.66. The fourth-order valence-electron chi connectivity index (χ4n) is 1.41. The summed E-state index contributed by atoms with van der Waals surface area (Å²) in [5.41, 5.74) is 6.90. The summed E-state index contributed by atoms with van der Waals surface area (Å²) in [5, 5.41) is 4.00. The average molecular weight is 282 g/mol. The second-order valence-corrected chi connectivity index (χ2v) is 4.43. The van der Waals surface area contributed by atoms with Gasteiger partial charge in [0, 0.05) is 24.1 Å². The normalized spacial score (nSPS) is 12.7. The van der Waals surface area contributed by atoms with Crippen LogP contribution >= 0.6 is 15.9 Å². The third-order valence-corrected chi connectivity index (χ3v) is 2.81. The third kappa shape index (κ3) is 2.45. The topological polar surface area (TPSA) is 69.6 Å². The standard InChI is InChI=1S/C10H12BrN5/c1-16-10(14-6-15-16)4-8(12)9-3-2-7(11)5-13-9/h2-3,5-6,8H,4,12H2,1H3. The van der Waals surface area contributed by atoms with E-state index in [0.717, 1.165) is 16.0 Å². The Kier molecular flexibility index (Phi) is 3.31. The van der Waals surface area contributed by atoms with Crippen LogP contribution in [0.15, 0.2) is 29.1 Å². The van der Waals surface area contributed by atoms with Crippen molar-refractivity contribution in [1.82, 2.24) is 19.7 Å². The molecule has 0 saturated carbocycles. The summed E-state index contributed by atoms with van der Waals surface area (Å²) in [7, 11) is 1.85. The summed E-state index contributed by atoms with van der Waals surface area (Å²) < 4.78 is 2.67. The molecule has 0 radical (unpaired) electrons. The molecule has 5 nitrogen and oxygen atoms in total. The number of aryl methyl sites for hydroxylation is 1. The van der Waals surface area contributed by atoms with E-state index in [1.165, 1.54) is 6.33 Å². The molecule has 2 rings (SSSR count). The Bertz CT molecular complexity index is 464. The summed E-state index contributed by atoms with van der Waals surface area (Å²) in [6.45, 7) is 0. The zero-order valence-electron chi connectivity index (χ0n) is 8.84. The molecule has 2 aromatic rings. The van der Waals surface area contributed by atoms with Crippen molar-refractivity contribution in [1.29, 1.82) is 0 Å². The van der Waals surface area contributed by atoms with E-state index >= 15 is 0 Å². The van der Waals surface area contributed by atoms with Gasteiger partial charge in [0.05, 0.1) is 11.7 Å². The highest BCUT2D eigenvalue weighted by Crippen LogP contribution is 2.14. The van der Waals surface area contributed by atoms with Crippen LogP contribution in [-0.2, 0) is 13.5 Å². The molecule has 1 unspecified atom stereocenters. The van der Waals surface area contributed by atoms with Crippen molar-refractivity contribution in [2.75, 3.05) is 0 Å². The number of pyridine rings is 1. The van der Waals surface area contributed by atoms with Crippen LogP contribution in [0.5, 0.6) is 0 Å². The van der Waals surface area contributed by atoms with Crippen molar-refractivity contribution >= 4 is 15.9 Å². The maximum Gasteiger partial charge on any atom is 0.138 e. The minimum absolute atomic E-state index is 0.156. The third-order valence-electron chi connectivity index (χ3n) is 2.34. The number of hydrogen-bond donors (Lipinski definition) is 1. The Morgan fingerprint density at radius 2 is 2.25 bits per heavy atom. The number of nitrogens with zero attached hydrogens (tertiary/aromatic N) is 4. The monoisotopic (exact) mass is 281 g/mol. The van der Waals surface area contributed by atoms with Crippen molar-refractivity contribution in [2.24, 2.45) is 12.8 Å². The minimum Gasteiger partial charge on any atom is -0.322 e. The van der Waals surface area contributed by atoms with Gasteiger partial charge < -0.3 is 5.73 Å². The quantitative estimate of drug-likeness (QED) is 0.918. The number of nitrogens with two attached hydrogens (primary N) is 1. The summed E-state index contributed by atoms with van der Waals surface area (Å²) in [5.74, 6) is 0.859. The molecular formula is C10H12BrN5. The number of hydrogen-bond acceptors (Lipinski definition) is 4. The molecule has 0 saturated heterocycles. The van der Waals surface area contributed by atoms with E-state index in [1.807, 2.05) is 19.2 Å². The summed E-state index contributed by atoms with van der Waals surface area (Å²) in [6, 6.07) is 3.68. The van der Waals surface area contributed by atoms with Crippen LogP contribution in [-0.4, -0.2) is 19.7 Å². The van der Waals surface area contributed by atoms with E-state index in [4.69, 9.17) is 5.73 Å². The van der Waals surface area contributed by atoms with Crippen molar-refractivity contribution < 1.29 is 0 Å². The molecule has 6 heteroatoms. The molecule has 0 aromatic carbocycles. The van der Waals surface area contributed by atoms with Crippen LogP contribution in [0.4, 0.5) is 0 Å². The van der Waals surface area contributed by atoms with Gasteiger partial charge in [0.2, 0.25) is 0 Å². The molecule has 0 aliphatic rings. The van der Waals surface area contributed by atoms with Gasteiger partial charge in [-0.2, -0.15) is 5.10 Å². The van der Waals surface area contributed by atoms with Crippen LogP contribution < -0.4 is 5.73 Å². The lowest BCUT2D eigenvalue weighted by Gasteiger charge is -2.10. The molecule has 0 aliphatic heterocycles. The highest BCUT2D eigenvalue weighted by atomic mass is 79.9. The fraction of sp³-hybridized carbons (Fsp3) is 0.300. The highest BCUT2D eigenvalue weighted by molar-refractivity contribution is 9.10. The minimum atomic E-state index is -0.156. The van der Waals surface area contributed by atoms with Gasteiger partial charge in [-0.15, -0.1) is 0 Å². The summed E-state index contributed by atoms with van der Waals surface area (Å²) in [6.07, 6.45) is 3.90. The molecule has 2 heterocycles. The number of aromatic nitrogens is 4. The van der Waals surface area contributed by atoms with Crippen LogP contribution in [0, 0.1) is 0 Å². The van der Waals surface area contributed by atoms with Gasteiger partial charge in [-0.1, -0.05) is 0 Å². The predicted octanol–water partition coefficient (Wildman–Crippen LogP) is 1.22. The Morgan fingerprint density at radius 3 is 2.81 bits per heavy atom. The Balaban J connectivity index is 2.11. The van der Waals surface area contributed by atoms with Crippen LogP contribution in [0.3, 0.4) is 0 Å². The maximum atomic E-state index is 6.05. The first-order valence-corrected chi connectivity index (χ1v) is 5.66. The van der Waals surface area contributed by atoms with E-state index in [9.17, 15) is 0 Å². The Morgan fingerprint density at radius 1 is 1.44 bits per heavy atom. The lowest BCUT2D eigenvalue weighted by Crippen LogP contribution is -2.17. The van der Waals surface area contributed by atoms with E-state index in [1.54, 1.807) is 10.9 Å². The van der Waals surface area contributed by atoms with E-state index in [0.29, 0.717) is 6.42 Å². The maximum absolute atomic E-state index is 6.05. The van der Waals surface area contributed by atoms with Gasteiger partial charge in [-0.05, 0) is 28.1 Å². The highest BCUT2D eigenvalue weighted by Gasteiger charge is 2.11. The summed E-state index contributed by atoms with van der Waals surface area (Å²) >= 11 is 3.34. The van der Waals surface area contributed by atoms with Crippen LogP contribution in [0.2, 0.25) is 0 Å². The number of halogens is 1. The van der Waals surface area contributed by atoms with Crippen molar-refractivity contribution in [3.63, 3.8) is 0 Å². The molecular weight excluding hydrogens is 270 g/mol. The van der Waals surface area contributed by atoms with Crippen molar-refractivity contribution in [2.45, 2.75) is 12.5 Å². The first kappa shape index (κ1) is 11.2. The zero-order valence-corrected chi connectivity index (χ0v) is 10.4. The van der Waals surface area contributed by atoms with E-state index in [-0.39, 0.29) is 6.04 Å². The molecule has 84 valence electrons.